The molecule has 1 aromatic rings. The number of phenols is 1. The minimum atomic E-state index is -0.530. The summed E-state index contributed by atoms with van der Waals surface area (Å²) >= 11 is 0. The van der Waals surface area contributed by atoms with Gasteiger partial charge < -0.3 is 9.84 Å². The summed E-state index contributed by atoms with van der Waals surface area (Å²) in [7, 11) is 0. The van der Waals surface area contributed by atoms with Gasteiger partial charge in [-0.2, -0.15) is 0 Å². The molecule has 1 aromatic carbocycles. The van der Waals surface area contributed by atoms with Gasteiger partial charge in [0.15, 0.2) is 6.26 Å². The van der Waals surface area contributed by atoms with Crippen LogP contribution in [0, 0.1) is 10.1 Å². The van der Waals surface area contributed by atoms with Gasteiger partial charge in [0.25, 0.3) is 0 Å². The number of phenolic OH excluding ortho intramolecular Hbond substituents is 1. The molecule has 72 valence electrons. The number of rotatable bonds is 1. The van der Waals surface area contributed by atoms with Crippen molar-refractivity contribution in [3.63, 3.8) is 0 Å². The molecule has 0 spiro atoms. The minimum absolute atomic E-state index is 0.0231. The van der Waals surface area contributed by atoms with Crippen LogP contribution in [-0.4, -0.2) is 10.0 Å². The van der Waals surface area contributed by atoms with Gasteiger partial charge >= 0.3 is 5.70 Å². The van der Waals surface area contributed by atoms with Gasteiger partial charge in [0.1, 0.15) is 12.4 Å². The van der Waals surface area contributed by atoms with Crippen LogP contribution in [0.5, 0.6) is 5.75 Å². The van der Waals surface area contributed by atoms with Crippen LogP contribution in [0.1, 0.15) is 11.1 Å². The SMILES string of the molecule is O=[N+]([O-])C1=COCc2c(O)cccc21. The molecule has 0 aromatic heterocycles. The lowest BCUT2D eigenvalue weighted by atomic mass is 10.0. The average Bonchev–Trinajstić information content (AvgIpc) is 2.17. The van der Waals surface area contributed by atoms with Gasteiger partial charge in [-0.15, -0.1) is 0 Å². The van der Waals surface area contributed by atoms with Gasteiger partial charge in [-0.1, -0.05) is 6.07 Å². The number of hydrogen-bond acceptors (Lipinski definition) is 4. The second kappa shape index (κ2) is 3.02. The second-order valence-electron chi connectivity index (χ2n) is 2.87. The van der Waals surface area contributed by atoms with Gasteiger partial charge in [-0.25, -0.2) is 0 Å². The molecule has 0 bridgehead atoms. The molecule has 1 N–H and O–H groups in total. The smallest absolute Gasteiger partial charge is 0.311 e. The number of aromatic hydroxyl groups is 1. The van der Waals surface area contributed by atoms with E-state index in [4.69, 9.17) is 4.74 Å². The molecule has 0 amide bonds. The van der Waals surface area contributed by atoms with Crippen molar-refractivity contribution in [3.05, 3.63) is 45.7 Å². The highest BCUT2D eigenvalue weighted by molar-refractivity contribution is 5.65. The maximum absolute atomic E-state index is 10.6. The number of nitrogens with zero attached hydrogens (tertiary/aromatic N) is 1. The predicted octanol–water partition coefficient (Wildman–Crippen LogP) is 1.50. The fourth-order valence-corrected chi connectivity index (χ4v) is 1.38. The number of fused-ring (bicyclic) bond motifs is 1. The van der Waals surface area contributed by atoms with Gasteiger partial charge in [-0.3, -0.25) is 10.1 Å². The van der Waals surface area contributed by atoms with Gasteiger partial charge in [0, 0.05) is 5.56 Å². The summed E-state index contributed by atoms with van der Waals surface area (Å²) in [4.78, 5) is 10.1. The highest BCUT2D eigenvalue weighted by atomic mass is 16.6. The minimum Gasteiger partial charge on any atom is -0.508 e. The molecule has 0 aliphatic carbocycles. The molecular formula is C9H7NO4. The Balaban J connectivity index is 2.59. The molecule has 5 nitrogen and oxygen atoms in total. The zero-order valence-corrected chi connectivity index (χ0v) is 7.14. The molecule has 0 saturated carbocycles. The second-order valence-corrected chi connectivity index (χ2v) is 2.87. The quantitative estimate of drug-likeness (QED) is 0.541. The normalized spacial score (nSPS) is 13.9. The Bertz CT molecular complexity index is 425. The highest BCUT2D eigenvalue weighted by Gasteiger charge is 2.24. The first kappa shape index (κ1) is 8.55. The van der Waals surface area contributed by atoms with Crippen molar-refractivity contribution in [2.24, 2.45) is 0 Å². The summed E-state index contributed by atoms with van der Waals surface area (Å²) in [6.45, 7) is 0.166. The van der Waals surface area contributed by atoms with Gasteiger partial charge in [-0.05, 0) is 12.1 Å². The number of ether oxygens (including phenoxy) is 1. The molecule has 1 heterocycles. The Morgan fingerprint density at radius 2 is 2.29 bits per heavy atom. The third kappa shape index (κ3) is 1.19. The van der Waals surface area contributed by atoms with Crippen LogP contribution in [-0.2, 0) is 11.3 Å². The maximum Gasteiger partial charge on any atom is 0.311 e. The number of nitro groups is 1. The highest BCUT2D eigenvalue weighted by Crippen LogP contribution is 2.31. The van der Waals surface area contributed by atoms with Crippen molar-refractivity contribution in [1.29, 1.82) is 0 Å². The van der Waals surface area contributed by atoms with Crippen molar-refractivity contribution < 1.29 is 14.8 Å². The number of hydrogen-bond donors (Lipinski definition) is 1. The molecule has 0 unspecified atom stereocenters. The molecule has 0 radical (unpaired) electrons. The Morgan fingerprint density at radius 3 is 3.00 bits per heavy atom. The van der Waals surface area contributed by atoms with E-state index in [1.165, 1.54) is 6.07 Å². The van der Waals surface area contributed by atoms with Crippen LogP contribution in [0.3, 0.4) is 0 Å². The van der Waals surface area contributed by atoms with E-state index in [1.807, 2.05) is 0 Å². The topological polar surface area (TPSA) is 72.6 Å². The summed E-state index contributed by atoms with van der Waals surface area (Å²) in [6, 6.07) is 4.63. The Morgan fingerprint density at radius 1 is 1.50 bits per heavy atom. The molecule has 2 rings (SSSR count). The largest absolute Gasteiger partial charge is 0.508 e. The third-order valence-electron chi connectivity index (χ3n) is 2.05. The van der Waals surface area contributed by atoms with E-state index in [0.717, 1.165) is 6.26 Å². The van der Waals surface area contributed by atoms with Gasteiger partial charge in [0.2, 0.25) is 0 Å². The first-order valence-electron chi connectivity index (χ1n) is 3.97. The molecular weight excluding hydrogens is 186 g/mol. The summed E-state index contributed by atoms with van der Waals surface area (Å²) in [5.41, 5.74) is 0.755. The van der Waals surface area contributed by atoms with E-state index < -0.39 is 4.92 Å². The molecule has 1 aliphatic heterocycles. The van der Waals surface area contributed by atoms with Crippen molar-refractivity contribution in [2.45, 2.75) is 6.61 Å². The molecule has 1 aliphatic rings. The fraction of sp³-hybridized carbons (Fsp3) is 0.111. The van der Waals surface area contributed by atoms with E-state index in [2.05, 4.69) is 0 Å². The first-order valence-corrected chi connectivity index (χ1v) is 3.97. The van der Waals surface area contributed by atoms with Crippen LogP contribution >= 0.6 is 0 Å². The average molecular weight is 193 g/mol. The van der Waals surface area contributed by atoms with Crippen molar-refractivity contribution in [2.75, 3.05) is 0 Å². The van der Waals surface area contributed by atoms with E-state index in [0.29, 0.717) is 11.1 Å². The van der Waals surface area contributed by atoms with Crippen LogP contribution in [0.15, 0.2) is 24.5 Å². The van der Waals surface area contributed by atoms with Crippen molar-refractivity contribution in [3.8, 4) is 5.75 Å². The summed E-state index contributed by atoms with van der Waals surface area (Å²) in [6.07, 6.45) is 1.10. The van der Waals surface area contributed by atoms with Crippen LogP contribution in [0.2, 0.25) is 0 Å². The summed E-state index contributed by atoms with van der Waals surface area (Å²) in [5.74, 6) is 0.0231. The Labute approximate surface area is 79.4 Å². The third-order valence-corrected chi connectivity index (χ3v) is 2.05. The van der Waals surface area contributed by atoms with Crippen LogP contribution in [0.4, 0.5) is 0 Å². The summed E-state index contributed by atoms with van der Waals surface area (Å²) < 4.78 is 4.89. The van der Waals surface area contributed by atoms with E-state index in [9.17, 15) is 15.2 Å². The fourth-order valence-electron chi connectivity index (χ4n) is 1.38. The predicted molar refractivity (Wildman–Crippen MR) is 47.9 cm³/mol. The maximum atomic E-state index is 10.6. The molecule has 14 heavy (non-hydrogen) atoms. The van der Waals surface area contributed by atoms with Gasteiger partial charge in [0.05, 0.1) is 10.5 Å². The number of benzene rings is 1. The molecule has 0 atom stereocenters. The van der Waals surface area contributed by atoms with E-state index >= 15 is 0 Å². The van der Waals surface area contributed by atoms with Crippen LogP contribution < -0.4 is 0 Å². The lowest BCUT2D eigenvalue weighted by Crippen LogP contribution is -2.07. The molecule has 0 saturated heterocycles. The Hall–Kier alpha value is -2.04. The standard InChI is InChI=1S/C9H7NO4/c11-9-3-1-2-6-7(9)4-14-5-8(6)10(12)13/h1-3,5,11H,4H2. The van der Waals surface area contributed by atoms with Crippen molar-refractivity contribution in [1.82, 2.24) is 0 Å². The zero-order chi connectivity index (χ0) is 10.1. The first-order chi connectivity index (χ1) is 6.70. The lowest BCUT2D eigenvalue weighted by molar-refractivity contribution is -0.377. The zero-order valence-electron chi connectivity index (χ0n) is 7.14. The van der Waals surface area contributed by atoms with E-state index in [1.54, 1.807) is 12.1 Å². The van der Waals surface area contributed by atoms with Crippen LogP contribution in [0.25, 0.3) is 5.70 Å². The van der Waals surface area contributed by atoms with Crippen molar-refractivity contribution >= 4 is 5.70 Å². The Kier molecular flexibility index (Phi) is 1.85. The lowest BCUT2D eigenvalue weighted by Gasteiger charge is -2.13. The summed E-state index contributed by atoms with van der Waals surface area (Å²) in [5, 5.41) is 20.0. The molecule has 0 fully saturated rings. The van der Waals surface area contributed by atoms with E-state index in [-0.39, 0.29) is 18.1 Å². The monoisotopic (exact) mass is 193 g/mol. The molecule has 5 heteroatoms.